The molecule has 0 unspecified atom stereocenters. The largest absolute Gasteiger partial charge is 0.573 e. The number of hydrogen-bond donors (Lipinski definition) is 2. The number of amides is 2. The van der Waals surface area contributed by atoms with Crippen molar-refractivity contribution in [3.05, 3.63) is 60.9 Å². The molecule has 4 aromatic rings. The van der Waals surface area contributed by atoms with E-state index < -0.39 is 18.1 Å². The molecule has 0 aliphatic heterocycles. The SMILES string of the molecule is COc1cc2ncnc(Oc3cccc(NC(=O)Nc4ccc(OC)c(OC(F)(F)F)c4)c3)c2cc1OC. The number of carbonyl (C=O) groups is 1. The minimum absolute atomic E-state index is 0.0479. The maximum atomic E-state index is 12.7. The van der Waals surface area contributed by atoms with Crippen LogP contribution in [0.4, 0.5) is 29.3 Å². The minimum Gasteiger partial charge on any atom is -0.493 e. The van der Waals surface area contributed by atoms with Gasteiger partial charge in [-0.2, -0.15) is 0 Å². The number of benzene rings is 3. The Hall–Kier alpha value is -4.94. The van der Waals surface area contributed by atoms with Gasteiger partial charge in [-0.05, 0) is 30.3 Å². The van der Waals surface area contributed by atoms with Crippen molar-refractivity contribution in [1.82, 2.24) is 9.97 Å². The van der Waals surface area contributed by atoms with E-state index in [0.29, 0.717) is 33.8 Å². The average molecular weight is 530 g/mol. The third-order valence-corrected chi connectivity index (χ3v) is 5.06. The van der Waals surface area contributed by atoms with Crippen LogP contribution < -0.4 is 34.3 Å². The van der Waals surface area contributed by atoms with Gasteiger partial charge in [0.15, 0.2) is 23.0 Å². The van der Waals surface area contributed by atoms with Crippen LogP contribution in [0.15, 0.2) is 60.9 Å². The number of hydrogen-bond acceptors (Lipinski definition) is 8. The summed E-state index contributed by atoms with van der Waals surface area (Å²) < 4.78 is 63.5. The number of urea groups is 1. The van der Waals surface area contributed by atoms with Crippen molar-refractivity contribution >= 4 is 28.3 Å². The molecule has 0 atom stereocenters. The summed E-state index contributed by atoms with van der Waals surface area (Å²) in [4.78, 5) is 20.9. The number of halogens is 3. The van der Waals surface area contributed by atoms with Crippen LogP contribution in [0.25, 0.3) is 10.9 Å². The smallest absolute Gasteiger partial charge is 0.493 e. The van der Waals surface area contributed by atoms with Crippen molar-refractivity contribution in [2.45, 2.75) is 6.36 Å². The van der Waals surface area contributed by atoms with Gasteiger partial charge in [0.2, 0.25) is 5.88 Å². The molecule has 0 aliphatic carbocycles. The van der Waals surface area contributed by atoms with E-state index in [-0.39, 0.29) is 17.3 Å². The molecule has 0 radical (unpaired) electrons. The molecule has 3 aromatic carbocycles. The van der Waals surface area contributed by atoms with Crippen LogP contribution in [0, 0.1) is 0 Å². The lowest BCUT2D eigenvalue weighted by atomic mass is 10.2. The number of methoxy groups -OCH3 is 3. The number of alkyl halides is 3. The molecule has 0 saturated carbocycles. The minimum atomic E-state index is -4.93. The fourth-order valence-electron chi connectivity index (χ4n) is 3.44. The lowest BCUT2D eigenvalue weighted by molar-refractivity contribution is -0.275. The Kier molecular flexibility index (Phi) is 7.55. The molecule has 0 bridgehead atoms. The fourth-order valence-corrected chi connectivity index (χ4v) is 3.44. The summed E-state index contributed by atoms with van der Waals surface area (Å²) in [6, 6.07) is 12.7. The second-order valence-corrected chi connectivity index (χ2v) is 7.53. The van der Waals surface area contributed by atoms with Crippen molar-refractivity contribution < 1.29 is 41.7 Å². The van der Waals surface area contributed by atoms with Crippen LogP contribution >= 0.6 is 0 Å². The molecule has 10 nitrogen and oxygen atoms in total. The molecule has 13 heteroatoms. The van der Waals surface area contributed by atoms with Gasteiger partial charge in [-0.3, -0.25) is 0 Å². The van der Waals surface area contributed by atoms with E-state index in [1.165, 1.54) is 39.8 Å². The standard InChI is InChI=1S/C25H21F3N4O6/c1-34-19-8-7-15(10-22(19)38-25(26,27)28)32-24(33)31-14-5-4-6-16(9-14)37-23-17-11-20(35-2)21(36-3)12-18(17)29-13-30-23/h4-13H,1-3H3,(H2,31,32,33). The second-order valence-electron chi connectivity index (χ2n) is 7.53. The van der Waals surface area contributed by atoms with Crippen LogP contribution in [-0.4, -0.2) is 43.7 Å². The fraction of sp³-hybridized carbons (Fsp3) is 0.160. The lowest BCUT2D eigenvalue weighted by Gasteiger charge is -2.14. The summed E-state index contributed by atoms with van der Waals surface area (Å²) in [7, 11) is 4.22. The molecule has 0 saturated heterocycles. The summed E-state index contributed by atoms with van der Waals surface area (Å²) in [6.45, 7) is 0. The van der Waals surface area contributed by atoms with Gasteiger partial charge in [-0.25, -0.2) is 14.8 Å². The van der Waals surface area contributed by atoms with Crippen molar-refractivity contribution in [3.63, 3.8) is 0 Å². The second kappa shape index (κ2) is 11.0. The Bertz CT molecular complexity index is 1470. The Morgan fingerprint density at radius 2 is 1.47 bits per heavy atom. The van der Waals surface area contributed by atoms with Crippen molar-refractivity contribution in [1.29, 1.82) is 0 Å². The molecule has 0 spiro atoms. The molecule has 198 valence electrons. The molecule has 0 aliphatic rings. The highest BCUT2D eigenvalue weighted by atomic mass is 19.4. The highest BCUT2D eigenvalue weighted by Gasteiger charge is 2.32. The lowest BCUT2D eigenvalue weighted by Crippen LogP contribution is -2.20. The first-order valence-corrected chi connectivity index (χ1v) is 10.9. The summed E-state index contributed by atoms with van der Waals surface area (Å²) >= 11 is 0. The highest BCUT2D eigenvalue weighted by molar-refractivity contribution is 6.00. The topological polar surface area (TPSA) is 113 Å². The molecule has 0 fully saturated rings. The van der Waals surface area contributed by atoms with E-state index in [1.807, 2.05) is 0 Å². The number of carbonyl (C=O) groups excluding carboxylic acids is 1. The van der Waals surface area contributed by atoms with E-state index in [4.69, 9.17) is 18.9 Å². The van der Waals surface area contributed by atoms with Crippen LogP contribution in [0.1, 0.15) is 0 Å². The normalized spacial score (nSPS) is 11.0. The molecule has 2 N–H and O–H groups in total. The summed E-state index contributed by atoms with van der Waals surface area (Å²) in [6.07, 6.45) is -3.59. The number of anilines is 2. The van der Waals surface area contributed by atoms with Crippen LogP contribution in [0.3, 0.4) is 0 Å². The summed E-state index contributed by atoms with van der Waals surface area (Å²) in [5.41, 5.74) is 0.958. The van der Waals surface area contributed by atoms with Gasteiger partial charge in [0, 0.05) is 29.6 Å². The molecule has 38 heavy (non-hydrogen) atoms. The molecular formula is C25H21F3N4O6. The van der Waals surface area contributed by atoms with Crippen LogP contribution in [0.5, 0.6) is 34.6 Å². The number of nitrogens with zero attached hydrogens (tertiary/aromatic N) is 2. The highest BCUT2D eigenvalue weighted by Crippen LogP contribution is 2.37. The Morgan fingerprint density at radius 3 is 2.16 bits per heavy atom. The number of ether oxygens (including phenoxy) is 5. The predicted molar refractivity (Wildman–Crippen MR) is 131 cm³/mol. The predicted octanol–water partition coefficient (Wildman–Crippen LogP) is 5.99. The molecule has 1 heterocycles. The van der Waals surface area contributed by atoms with Gasteiger partial charge in [-0.15, -0.1) is 13.2 Å². The van der Waals surface area contributed by atoms with E-state index in [2.05, 4.69) is 25.3 Å². The van der Waals surface area contributed by atoms with Crippen molar-refractivity contribution in [2.24, 2.45) is 0 Å². The molecule has 1 aromatic heterocycles. The number of aromatic nitrogens is 2. The van der Waals surface area contributed by atoms with Crippen molar-refractivity contribution in [3.8, 4) is 34.6 Å². The maximum absolute atomic E-state index is 12.7. The van der Waals surface area contributed by atoms with E-state index >= 15 is 0 Å². The van der Waals surface area contributed by atoms with Crippen LogP contribution in [0.2, 0.25) is 0 Å². The molecular weight excluding hydrogens is 509 g/mol. The number of rotatable bonds is 8. The van der Waals surface area contributed by atoms with Gasteiger partial charge >= 0.3 is 12.4 Å². The first-order chi connectivity index (χ1) is 18.2. The first kappa shape index (κ1) is 26.1. The monoisotopic (exact) mass is 530 g/mol. The zero-order valence-electron chi connectivity index (χ0n) is 20.3. The third-order valence-electron chi connectivity index (χ3n) is 5.06. The maximum Gasteiger partial charge on any atom is 0.573 e. The molecule has 2 amide bonds. The van der Waals surface area contributed by atoms with Gasteiger partial charge in [0.1, 0.15) is 12.1 Å². The Morgan fingerprint density at radius 1 is 0.789 bits per heavy atom. The number of fused-ring (bicyclic) bond motifs is 1. The van der Waals surface area contributed by atoms with Gasteiger partial charge in [0.05, 0.1) is 32.2 Å². The average Bonchev–Trinajstić information content (AvgIpc) is 2.87. The zero-order valence-corrected chi connectivity index (χ0v) is 20.3. The number of nitrogens with one attached hydrogen (secondary N) is 2. The Balaban J connectivity index is 1.50. The van der Waals surface area contributed by atoms with Crippen molar-refractivity contribution in [2.75, 3.05) is 32.0 Å². The Labute approximate surface area is 214 Å². The van der Waals surface area contributed by atoms with Crippen LogP contribution in [-0.2, 0) is 0 Å². The van der Waals surface area contributed by atoms with E-state index in [9.17, 15) is 18.0 Å². The molecule has 4 rings (SSSR count). The quantitative estimate of drug-likeness (QED) is 0.286. The zero-order chi connectivity index (χ0) is 27.3. The van der Waals surface area contributed by atoms with Gasteiger partial charge < -0.3 is 34.3 Å². The van der Waals surface area contributed by atoms with E-state index in [0.717, 1.165) is 6.07 Å². The van der Waals surface area contributed by atoms with E-state index in [1.54, 1.807) is 36.4 Å². The van der Waals surface area contributed by atoms with Gasteiger partial charge in [-0.1, -0.05) is 6.07 Å². The third kappa shape index (κ3) is 6.24. The summed E-state index contributed by atoms with van der Waals surface area (Å²) in [5.74, 6) is 0.812. The van der Waals surface area contributed by atoms with Gasteiger partial charge in [0.25, 0.3) is 0 Å². The summed E-state index contributed by atoms with van der Waals surface area (Å²) in [5, 5.41) is 5.60. The first-order valence-electron chi connectivity index (χ1n) is 10.9.